The van der Waals surface area contributed by atoms with Crippen LogP contribution in [0.4, 0.5) is 10.5 Å². The number of aryl methyl sites for hydroxylation is 1. The van der Waals surface area contributed by atoms with Gasteiger partial charge in [0.05, 0.1) is 6.10 Å². The van der Waals surface area contributed by atoms with Crippen molar-refractivity contribution in [3.05, 3.63) is 30.2 Å². The van der Waals surface area contributed by atoms with E-state index in [4.69, 9.17) is 4.42 Å². The minimum absolute atomic E-state index is 0.135. The van der Waals surface area contributed by atoms with Crippen LogP contribution in [0, 0.1) is 5.92 Å². The molecule has 2 heterocycles. The van der Waals surface area contributed by atoms with Gasteiger partial charge in [0.1, 0.15) is 0 Å². The molecule has 1 aliphatic rings. The zero-order chi connectivity index (χ0) is 17.8. The van der Waals surface area contributed by atoms with Gasteiger partial charge in [-0.25, -0.2) is 4.79 Å². The van der Waals surface area contributed by atoms with Gasteiger partial charge in [-0.05, 0) is 44.0 Å². The quantitative estimate of drug-likeness (QED) is 0.890. The summed E-state index contributed by atoms with van der Waals surface area (Å²) < 4.78 is 5.53. The van der Waals surface area contributed by atoms with Crippen molar-refractivity contribution >= 4 is 11.7 Å². The molecule has 2 unspecified atom stereocenters. The number of likely N-dealkylation sites (tertiary alicyclic amines) is 1. The van der Waals surface area contributed by atoms with Crippen LogP contribution in [0.5, 0.6) is 0 Å². The van der Waals surface area contributed by atoms with Crippen molar-refractivity contribution < 1.29 is 14.3 Å². The Labute approximate surface area is 147 Å². The molecule has 2 amide bonds. The van der Waals surface area contributed by atoms with Crippen LogP contribution in [0.1, 0.15) is 32.6 Å². The highest BCUT2D eigenvalue weighted by atomic mass is 16.4. The van der Waals surface area contributed by atoms with Crippen LogP contribution >= 0.6 is 0 Å². The van der Waals surface area contributed by atoms with Gasteiger partial charge in [-0.3, -0.25) is 0 Å². The van der Waals surface area contributed by atoms with Gasteiger partial charge in [-0.1, -0.05) is 6.92 Å². The van der Waals surface area contributed by atoms with Gasteiger partial charge in [0.2, 0.25) is 11.8 Å². The summed E-state index contributed by atoms with van der Waals surface area (Å²) in [5.74, 6) is 1.22. The Morgan fingerprint density at radius 3 is 2.80 bits per heavy atom. The smallest absolute Gasteiger partial charge is 0.321 e. The van der Waals surface area contributed by atoms with Crippen molar-refractivity contribution in [2.45, 2.75) is 39.2 Å². The number of aromatic nitrogens is 2. The molecule has 0 spiro atoms. The van der Waals surface area contributed by atoms with Crippen molar-refractivity contribution in [1.82, 2.24) is 15.1 Å². The van der Waals surface area contributed by atoms with Gasteiger partial charge in [0.15, 0.2) is 0 Å². The van der Waals surface area contributed by atoms with Crippen molar-refractivity contribution in [2.24, 2.45) is 5.92 Å². The summed E-state index contributed by atoms with van der Waals surface area (Å²) in [6.45, 7) is 5.04. The third-order valence-electron chi connectivity index (χ3n) is 4.58. The fraction of sp³-hybridized carbons (Fsp3) is 0.500. The first-order valence-corrected chi connectivity index (χ1v) is 8.73. The predicted octanol–water partition coefficient (Wildman–Crippen LogP) is 2.92. The van der Waals surface area contributed by atoms with E-state index in [0.29, 0.717) is 30.4 Å². The SMILES string of the molecule is CCc1nnc(-c2ccc(NC(=O)N3CCCC(C(C)O)C3)cc2)o1. The molecule has 7 nitrogen and oxygen atoms in total. The number of piperidine rings is 1. The fourth-order valence-electron chi connectivity index (χ4n) is 3.00. The van der Waals surface area contributed by atoms with Crippen LogP contribution in [-0.2, 0) is 6.42 Å². The van der Waals surface area contributed by atoms with Gasteiger partial charge in [0, 0.05) is 36.7 Å². The summed E-state index contributed by atoms with van der Waals surface area (Å²) in [5.41, 5.74) is 1.53. The minimum atomic E-state index is -0.391. The summed E-state index contributed by atoms with van der Waals surface area (Å²) in [6.07, 6.45) is 2.18. The molecule has 0 bridgehead atoms. The van der Waals surface area contributed by atoms with Crippen LogP contribution in [0.25, 0.3) is 11.5 Å². The molecule has 1 fully saturated rings. The molecule has 25 heavy (non-hydrogen) atoms. The summed E-state index contributed by atoms with van der Waals surface area (Å²) in [4.78, 5) is 14.2. The van der Waals surface area contributed by atoms with E-state index in [1.165, 1.54) is 0 Å². The Hall–Kier alpha value is -2.41. The zero-order valence-corrected chi connectivity index (χ0v) is 14.6. The van der Waals surface area contributed by atoms with Gasteiger partial charge in [0.25, 0.3) is 0 Å². The van der Waals surface area contributed by atoms with Gasteiger partial charge >= 0.3 is 6.03 Å². The number of aliphatic hydroxyl groups is 1. The van der Waals surface area contributed by atoms with E-state index in [9.17, 15) is 9.90 Å². The number of aliphatic hydroxyl groups excluding tert-OH is 1. The van der Waals surface area contributed by atoms with Crippen molar-refractivity contribution in [3.63, 3.8) is 0 Å². The van der Waals surface area contributed by atoms with Crippen LogP contribution in [0.3, 0.4) is 0 Å². The lowest BCUT2D eigenvalue weighted by Crippen LogP contribution is -2.44. The number of nitrogens with zero attached hydrogens (tertiary/aromatic N) is 3. The van der Waals surface area contributed by atoms with Crippen molar-refractivity contribution in [3.8, 4) is 11.5 Å². The molecular formula is C18H24N4O3. The topological polar surface area (TPSA) is 91.5 Å². The predicted molar refractivity (Wildman–Crippen MR) is 94.1 cm³/mol. The van der Waals surface area contributed by atoms with Crippen LogP contribution in [-0.4, -0.2) is 45.4 Å². The Balaban J connectivity index is 1.62. The van der Waals surface area contributed by atoms with Crippen molar-refractivity contribution in [1.29, 1.82) is 0 Å². The van der Waals surface area contributed by atoms with E-state index in [1.807, 2.05) is 31.2 Å². The highest BCUT2D eigenvalue weighted by Crippen LogP contribution is 2.22. The lowest BCUT2D eigenvalue weighted by molar-refractivity contribution is 0.0766. The first-order valence-electron chi connectivity index (χ1n) is 8.73. The molecule has 1 aromatic carbocycles. The van der Waals surface area contributed by atoms with Crippen LogP contribution < -0.4 is 5.32 Å². The minimum Gasteiger partial charge on any atom is -0.421 e. The Bertz CT molecular complexity index is 711. The Kier molecular flexibility index (Phi) is 5.33. The lowest BCUT2D eigenvalue weighted by atomic mass is 9.94. The largest absolute Gasteiger partial charge is 0.421 e. The Morgan fingerprint density at radius 2 is 2.16 bits per heavy atom. The molecule has 3 rings (SSSR count). The van der Waals surface area contributed by atoms with E-state index >= 15 is 0 Å². The second-order valence-electron chi connectivity index (χ2n) is 6.45. The number of hydrogen-bond acceptors (Lipinski definition) is 5. The van der Waals surface area contributed by atoms with Gasteiger partial charge in [-0.2, -0.15) is 0 Å². The molecule has 0 radical (unpaired) electrons. The number of rotatable bonds is 4. The number of anilines is 1. The van der Waals surface area contributed by atoms with E-state index < -0.39 is 6.10 Å². The fourth-order valence-corrected chi connectivity index (χ4v) is 3.00. The molecule has 7 heteroatoms. The number of nitrogens with one attached hydrogen (secondary N) is 1. The monoisotopic (exact) mass is 344 g/mol. The number of carbonyl (C=O) groups is 1. The maximum absolute atomic E-state index is 12.4. The molecule has 134 valence electrons. The summed E-state index contributed by atoms with van der Waals surface area (Å²) >= 11 is 0. The second kappa shape index (κ2) is 7.65. The summed E-state index contributed by atoms with van der Waals surface area (Å²) in [5, 5.41) is 20.6. The van der Waals surface area contributed by atoms with Crippen LogP contribution in [0.15, 0.2) is 28.7 Å². The zero-order valence-electron chi connectivity index (χ0n) is 14.6. The number of amides is 2. The third kappa shape index (κ3) is 4.17. The average molecular weight is 344 g/mol. The molecule has 2 aromatic rings. The summed E-state index contributed by atoms with van der Waals surface area (Å²) in [7, 11) is 0. The highest BCUT2D eigenvalue weighted by molar-refractivity contribution is 5.89. The highest BCUT2D eigenvalue weighted by Gasteiger charge is 2.26. The molecule has 0 saturated carbocycles. The number of carbonyl (C=O) groups excluding carboxylic acids is 1. The first-order chi connectivity index (χ1) is 12.1. The number of urea groups is 1. The summed E-state index contributed by atoms with van der Waals surface area (Å²) in [6, 6.07) is 7.19. The first kappa shape index (κ1) is 17.4. The van der Waals surface area contributed by atoms with E-state index in [1.54, 1.807) is 11.8 Å². The standard InChI is InChI=1S/C18H24N4O3/c1-3-16-20-21-17(25-16)13-6-8-15(9-7-13)19-18(24)22-10-4-5-14(11-22)12(2)23/h6-9,12,14,23H,3-5,10-11H2,1-2H3,(H,19,24). The average Bonchev–Trinajstić information content (AvgIpc) is 3.11. The molecular weight excluding hydrogens is 320 g/mol. The van der Waals surface area contributed by atoms with E-state index in [0.717, 1.165) is 24.9 Å². The van der Waals surface area contributed by atoms with Crippen molar-refractivity contribution in [2.75, 3.05) is 18.4 Å². The van der Waals surface area contributed by atoms with Gasteiger partial charge < -0.3 is 19.7 Å². The molecule has 2 atom stereocenters. The second-order valence-corrected chi connectivity index (χ2v) is 6.45. The molecule has 1 saturated heterocycles. The Morgan fingerprint density at radius 1 is 1.40 bits per heavy atom. The normalized spacial score (nSPS) is 18.8. The third-order valence-corrected chi connectivity index (χ3v) is 4.58. The maximum atomic E-state index is 12.4. The molecule has 1 aliphatic heterocycles. The maximum Gasteiger partial charge on any atom is 0.321 e. The van der Waals surface area contributed by atoms with E-state index in [-0.39, 0.29) is 11.9 Å². The van der Waals surface area contributed by atoms with E-state index in [2.05, 4.69) is 15.5 Å². The van der Waals surface area contributed by atoms with Gasteiger partial charge in [-0.15, -0.1) is 10.2 Å². The molecule has 1 aromatic heterocycles. The lowest BCUT2D eigenvalue weighted by Gasteiger charge is -2.34. The number of hydrogen-bond donors (Lipinski definition) is 2. The van der Waals surface area contributed by atoms with Crippen LogP contribution in [0.2, 0.25) is 0 Å². The molecule has 0 aliphatic carbocycles. The molecule has 2 N–H and O–H groups in total. The number of benzene rings is 1.